The minimum Gasteiger partial charge on any atom is -0.322 e. The fourth-order valence-electron chi connectivity index (χ4n) is 2.91. The van der Waals surface area contributed by atoms with Crippen molar-refractivity contribution in [1.29, 1.82) is 0 Å². The van der Waals surface area contributed by atoms with Crippen LogP contribution in [-0.4, -0.2) is 15.7 Å². The summed E-state index contributed by atoms with van der Waals surface area (Å²) < 4.78 is 1.79. The van der Waals surface area contributed by atoms with Crippen LogP contribution < -0.4 is 5.32 Å². The Hall–Kier alpha value is -2.88. The number of nitrogens with zero attached hydrogens (tertiary/aromatic N) is 2. The second-order valence-electron chi connectivity index (χ2n) is 6.24. The first-order chi connectivity index (χ1) is 12.1. The molecule has 0 radical (unpaired) electrons. The van der Waals surface area contributed by atoms with Crippen molar-refractivity contribution in [2.24, 2.45) is 0 Å². The van der Waals surface area contributed by atoms with E-state index in [9.17, 15) is 4.79 Å². The Balaban J connectivity index is 1.87. The molecule has 0 fully saturated rings. The van der Waals surface area contributed by atoms with Gasteiger partial charge in [-0.1, -0.05) is 50.2 Å². The maximum absolute atomic E-state index is 12.8. The van der Waals surface area contributed by atoms with E-state index in [4.69, 9.17) is 0 Å². The number of para-hydroxylation sites is 2. The smallest absolute Gasteiger partial charge is 0.259 e. The molecule has 25 heavy (non-hydrogen) atoms. The molecule has 0 spiro atoms. The van der Waals surface area contributed by atoms with Gasteiger partial charge >= 0.3 is 0 Å². The van der Waals surface area contributed by atoms with Crippen LogP contribution in [0.4, 0.5) is 5.69 Å². The second kappa shape index (κ2) is 7.34. The van der Waals surface area contributed by atoms with Crippen LogP contribution in [0.1, 0.15) is 47.8 Å². The number of anilines is 1. The summed E-state index contributed by atoms with van der Waals surface area (Å²) in [6.45, 7) is 6.23. The molecular weight excluding hydrogens is 310 g/mol. The summed E-state index contributed by atoms with van der Waals surface area (Å²) in [4.78, 5) is 12.8. The van der Waals surface area contributed by atoms with Gasteiger partial charge in [-0.05, 0) is 43.0 Å². The predicted octanol–water partition coefficient (Wildman–Crippen LogP) is 4.95. The molecule has 0 saturated carbocycles. The summed E-state index contributed by atoms with van der Waals surface area (Å²) >= 11 is 0. The summed E-state index contributed by atoms with van der Waals surface area (Å²) in [7, 11) is 0. The molecule has 1 amide bonds. The van der Waals surface area contributed by atoms with E-state index in [1.165, 1.54) is 0 Å². The van der Waals surface area contributed by atoms with Crippen molar-refractivity contribution in [3.05, 3.63) is 77.6 Å². The van der Waals surface area contributed by atoms with Gasteiger partial charge in [-0.2, -0.15) is 5.10 Å². The molecule has 0 bridgehead atoms. The molecule has 3 aromatic rings. The van der Waals surface area contributed by atoms with Crippen LogP contribution in [0.25, 0.3) is 5.69 Å². The predicted molar refractivity (Wildman–Crippen MR) is 101 cm³/mol. The Morgan fingerprint density at radius 3 is 2.52 bits per heavy atom. The van der Waals surface area contributed by atoms with Crippen molar-refractivity contribution in [3.63, 3.8) is 0 Å². The first-order valence-corrected chi connectivity index (χ1v) is 8.62. The summed E-state index contributed by atoms with van der Waals surface area (Å²) in [6, 6.07) is 17.8. The van der Waals surface area contributed by atoms with Crippen molar-refractivity contribution in [3.8, 4) is 5.69 Å². The van der Waals surface area contributed by atoms with E-state index >= 15 is 0 Å². The van der Waals surface area contributed by atoms with Gasteiger partial charge in [0.05, 0.1) is 23.1 Å². The zero-order valence-electron chi connectivity index (χ0n) is 14.9. The van der Waals surface area contributed by atoms with Crippen LogP contribution in [0.3, 0.4) is 0 Å². The monoisotopic (exact) mass is 333 g/mol. The lowest BCUT2D eigenvalue weighted by Crippen LogP contribution is -2.15. The Labute approximate surface area is 148 Å². The lowest BCUT2D eigenvalue weighted by molar-refractivity contribution is 0.102. The van der Waals surface area contributed by atoms with Crippen LogP contribution in [0.5, 0.6) is 0 Å². The van der Waals surface area contributed by atoms with Gasteiger partial charge in [0.15, 0.2) is 0 Å². The third-order valence-electron chi connectivity index (χ3n) is 4.61. The molecule has 0 aliphatic rings. The summed E-state index contributed by atoms with van der Waals surface area (Å²) in [5, 5.41) is 7.43. The first kappa shape index (κ1) is 17.0. The van der Waals surface area contributed by atoms with Gasteiger partial charge in [-0.25, -0.2) is 4.68 Å². The molecule has 3 rings (SSSR count). The Morgan fingerprint density at radius 1 is 1.12 bits per heavy atom. The van der Waals surface area contributed by atoms with Gasteiger partial charge in [-0.3, -0.25) is 4.79 Å². The highest BCUT2D eigenvalue weighted by Gasteiger charge is 2.17. The quantitative estimate of drug-likeness (QED) is 0.718. The molecule has 128 valence electrons. The van der Waals surface area contributed by atoms with Crippen molar-refractivity contribution in [2.45, 2.75) is 33.1 Å². The van der Waals surface area contributed by atoms with Crippen molar-refractivity contribution >= 4 is 11.6 Å². The first-order valence-electron chi connectivity index (χ1n) is 8.62. The van der Waals surface area contributed by atoms with E-state index in [-0.39, 0.29) is 5.91 Å². The standard InChI is InChI=1S/C21H23N3O/c1-4-15(2)18-12-8-9-13-20(18)23-21(25)19-14-22-24(16(19)3)17-10-6-5-7-11-17/h5-15H,4H2,1-3H3,(H,23,25). The number of hydrogen-bond acceptors (Lipinski definition) is 2. The Morgan fingerprint density at radius 2 is 1.80 bits per heavy atom. The van der Waals surface area contributed by atoms with Gasteiger partial charge in [0, 0.05) is 5.69 Å². The molecule has 4 heteroatoms. The number of benzene rings is 2. The number of nitrogens with one attached hydrogen (secondary N) is 1. The molecule has 0 aliphatic carbocycles. The van der Waals surface area contributed by atoms with Crippen molar-refractivity contribution in [2.75, 3.05) is 5.32 Å². The molecule has 0 saturated heterocycles. The number of aromatic nitrogens is 2. The van der Waals surface area contributed by atoms with Crippen LogP contribution in [0.15, 0.2) is 60.8 Å². The minimum atomic E-state index is -0.129. The molecular formula is C21H23N3O. The average Bonchev–Trinajstić information content (AvgIpc) is 3.04. The van der Waals surface area contributed by atoms with Gasteiger partial charge < -0.3 is 5.32 Å². The van der Waals surface area contributed by atoms with E-state index in [0.717, 1.165) is 29.1 Å². The Bertz CT molecular complexity index is 868. The third kappa shape index (κ3) is 3.48. The number of carbonyl (C=O) groups is 1. The normalized spacial score (nSPS) is 12.0. The number of carbonyl (C=O) groups excluding carboxylic acids is 1. The molecule has 1 unspecified atom stereocenters. The van der Waals surface area contributed by atoms with E-state index in [1.54, 1.807) is 10.9 Å². The summed E-state index contributed by atoms with van der Waals surface area (Å²) in [5.74, 6) is 0.264. The number of amides is 1. The molecule has 0 aliphatic heterocycles. The van der Waals surface area contributed by atoms with Crippen LogP contribution in [0, 0.1) is 6.92 Å². The van der Waals surface area contributed by atoms with Gasteiger partial charge in [0.2, 0.25) is 0 Å². The Kier molecular flexibility index (Phi) is 4.98. The van der Waals surface area contributed by atoms with E-state index in [2.05, 4.69) is 30.3 Å². The SMILES string of the molecule is CCC(C)c1ccccc1NC(=O)c1cnn(-c2ccccc2)c1C. The van der Waals surface area contributed by atoms with Crippen molar-refractivity contribution < 1.29 is 4.79 Å². The molecule has 1 heterocycles. The molecule has 1 atom stereocenters. The maximum atomic E-state index is 12.8. The number of rotatable bonds is 5. The fourth-order valence-corrected chi connectivity index (χ4v) is 2.91. The fraction of sp³-hybridized carbons (Fsp3) is 0.238. The van der Waals surface area contributed by atoms with Crippen LogP contribution in [0.2, 0.25) is 0 Å². The summed E-state index contributed by atoms with van der Waals surface area (Å²) in [5.41, 5.74) is 4.38. The lowest BCUT2D eigenvalue weighted by atomic mass is 9.97. The van der Waals surface area contributed by atoms with E-state index in [0.29, 0.717) is 11.5 Å². The van der Waals surface area contributed by atoms with Gasteiger partial charge in [0.25, 0.3) is 5.91 Å². The zero-order chi connectivity index (χ0) is 17.8. The highest BCUT2D eigenvalue weighted by molar-refractivity contribution is 6.05. The third-order valence-corrected chi connectivity index (χ3v) is 4.61. The molecule has 1 N–H and O–H groups in total. The lowest BCUT2D eigenvalue weighted by Gasteiger charge is -2.15. The van der Waals surface area contributed by atoms with Crippen LogP contribution >= 0.6 is 0 Å². The van der Waals surface area contributed by atoms with Gasteiger partial charge in [0.1, 0.15) is 0 Å². The van der Waals surface area contributed by atoms with Crippen molar-refractivity contribution in [1.82, 2.24) is 9.78 Å². The summed E-state index contributed by atoms with van der Waals surface area (Å²) in [6.07, 6.45) is 2.65. The highest BCUT2D eigenvalue weighted by Crippen LogP contribution is 2.27. The number of hydrogen-bond donors (Lipinski definition) is 1. The molecule has 2 aromatic carbocycles. The molecule has 4 nitrogen and oxygen atoms in total. The second-order valence-corrected chi connectivity index (χ2v) is 6.24. The maximum Gasteiger partial charge on any atom is 0.259 e. The van der Waals surface area contributed by atoms with E-state index < -0.39 is 0 Å². The minimum absolute atomic E-state index is 0.129. The van der Waals surface area contributed by atoms with Crippen LogP contribution in [-0.2, 0) is 0 Å². The molecule has 1 aromatic heterocycles. The van der Waals surface area contributed by atoms with Gasteiger partial charge in [-0.15, -0.1) is 0 Å². The topological polar surface area (TPSA) is 46.9 Å². The average molecular weight is 333 g/mol. The highest BCUT2D eigenvalue weighted by atomic mass is 16.1. The largest absolute Gasteiger partial charge is 0.322 e. The zero-order valence-corrected chi connectivity index (χ0v) is 14.9. The van der Waals surface area contributed by atoms with E-state index in [1.807, 2.05) is 55.5 Å².